The van der Waals surface area contributed by atoms with Crippen molar-refractivity contribution < 1.29 is 4.79 Å². The average Bonchev–Trinajstić information content (AvgIpc) is 3.63. The molecule has 0 saturated heterocycles. The SMILES string of the molecule is CC(C)(C(=O)Nc1ccc(-c2cccc(C#N)c2)cc1)c1ccnc(NNC2CC2)n1. The van der Waals surface area contributed by atoms with Crippen molar-refractivity contribution in [3.05, 3.63) is 72.1 Å². The molecule has 1 fully saturated rings. The summed E-state index contributed by atoms with van der Waals surface area (Å²) in [5.74, 6) is 0.292. The molecule has 7 nitrogen and oxygen atoms in total. The van der Waals surface area contributed by atoms with Crippen molar-refractivity contribution in [2.45, 2.75) is 38.1 Å². The van der Waals surface area contributed by atoms with Crippen LogP contribution in [0.2, 0.25) is 0 Å². The molecule has 1 aliphatic rings. The number of rotatable bonds is 7. The van der Waals surface area contributed by atoms with Gasteiger partial charge in [0.05, 0.1) is 22.7 Å². The highest BCUT2D eigenvalue weighted by Gasteiger charge is 2.32. The van der Waals surface area contributed by atoms with E-state index in [9.17, 15) is 4.79 Å². The number of carbonyl (C=O) groups is 1. The Hall–Kier alpha value is -3.76. The molecule has 1 aromatic heterocycles. The quantitative estimate of drug-likeness (QED) is 0.507. The fourth-order valence-corrected chi connectivity index (χ4v) is 3.08. The number of hydrazine groups is 1. The molecule has 4 rings (SSSR count). The normalized spacial score (nSPS) is 13.3. The predicted molar refractivity (Wildman–Crippen MR) is 120 cm³/mol. The summed E-state index contributed by atoms with van der Waals surface area (Å²) >= 11 is 0. The second-order valence-corrected chi connectivity index (χ2v) is 8.16. The van der Waals surface area contributed by atoms with Crippen LogP contribution in [0.5, 0.6) is 0 Å². The molecule has 0 radical (unpaired) electrons. The van der Waals surface area contributed by atoms with Crippen LogP contribution in [0.4, 0.5) is 11.6 Å². The lowest BCUT2D eigenvalue weighted by atomic mass is 9.88. The summed E-state index contributed by atoms with van der Waals surface area (Å²) < 4.78 is 0. The van der Waals surface area contributed by atoms with Crippen LogP contribution in [0.1, 0.15) is 37.9 Å². The lowest BCUT2D eigenvalue weighted by molar-refractivity contribution is -0.120. The van der Waals surface area contributed by atoms with Gasteiger partial charge in [0.1, 0.15) is 0 Å². The van der Waals surface area contributed by atoms with Crippen molar-refractivity contribution in [2.75, 3.05) is 10.7 Å². The van der Waals surface area contributed by atoms with E-state index in [1.54, 1.807) is 18.3 Å². The van der Waals surface area contributed by atoms with Crippen molar-refractivity contribution in [3.8, 4) is 17.2 Å². The fourth-order valence-electron chi connectivity index (χ4n) is 3.08. The number of nitriles is 1. The zero-order valence-corrected chi connectivity index (χ0v) is 17.5. The maximum Gasteiger partial charge on any atom is 0.237 e. The van der Waals surface area contributed by atoms with Crippen LogP contribution < -0.4 is 16.2 Å². The van der Waals surface area contributed by atoms with Gasteiger partial charge < -0.3 is 5.32 Å². The van der Waals surface area contributed by atoms with E-state index in [4.69, 9.17) is 5.26 Å². The molecule has 0 bridgehead atoms. The standard InChI is InChI=1S/C24H24N6O/c1-24(2,21-12-13-26-23(28-21)30-29-20-10-11-20)22(31)27-19-8-6-17(7-9-19)18-5-3-4-16(14-18)15-25/h3-9,12-14,20,29H,10-11H2,1-2H3,(H,27,31)(H,26,28,30). The van der Waals surface area contributed by atoms with Crippen LogP contribution in [-0.4, -0.2) is 21.9 Å². The lowest BCUT2D eigenvalue weighted by Crippen LogP contribution is -2.36. The topological polar surface area (TPSA) is 103 Å². The van der Waals surface area contributed by atoms with Gasteiger partial charge in [0, 0.05) is 17.9 Å². The van der Waals surface area contributed by atoms with Gasteiger partial charge in [0.15, 0.2) is 0 Å². The molecule has 0 atom stereocenters. The maximum atomic E-state index is 13.0. The van der Waals surface area contributed by atoms with Crippen LogP contribution in [0.15, 0.2) is 60.8 Å². The molecular formula is C24H24N6O. The highest BCUT2D eigenvalue weighted by atomic mass is 16.2. The van der Waals surface area contributed by atoms with Crippen molar-refractivity contribution in [1.82, 2.24) is 15.4 Å². The minimum absolute atomic E-state index is 0.161. The third kappa shape index (κ3) is 4.87. The van der Waals surface area contributed by atoms with E-state index in [-0.39, 0.29) is 5.91 Å². The van der Waals surface area contributed by atoms with Gasteiger partial charge in [-0.3, -0.25) is 10.2 Å². The van der Waals surface area contributed by atoms with Crippen molar-refractivity contribution in [2.24, 2.45) is 0 Å². The number of aromatic nitrogens is 2. The van der Waals surface area contributed by atoms with E-state index < -0.39 is 5.41 Å². The number of nitrogens with one attached hydrogen (secondary N) is 3. The van der Waals surface area contributed by atoms with Gasteiger partial charge in [-0.15, -0.1) is 0 Å². The van der Waals surface area contributed by atoms with E-state index in [1.165, 1.54) is 0 Å². The number of benzene rings is 2. The Balaban J connectivity index is 1.45. The predicted octanol–water partition coefficient (Wildman–Crippen LogP) is 4.01. The van der Waals surface area contributed by atoms with Gasteiger partial charge in [0.2, 0.25) is 11.9 Å². The van der Waals surface area contributed by atoms with Crippen LogP contribution in [0.25, 0.3) is 11.1 Å². The van der Waals surface area contributed by atoms with Gasteiger partial charge >= 0.3 is 0 Å². The maximum absolute atomic E-state index is 13.0. The molecule has 3 aromatic rings. The molecule has 0 unspecified atom stereocenters. The van der Waals surface area contributed by atoms with Crippen molar-refractivity contribution >= 4 is 17.5 Å². The summed E-state index contributed by atoms with van der Waals surface area (Å²) in [6.45, 7) is 3.68. The Morgan fingerprint density at radius 1 is 1.10 bits per heavy atom. The minimum Gasteiger partial charge on any atom is -0.325 e. The fraction of sp³-hybridized carbons (Fsp3) is 0.250. The summed E-state index contributed by atoms with van der Waals surface area (Å²) in [6.07, 6.45) is 3.94. The Kier molecular flexibility index (Phi) is 5.65. The number of hydrogen-bond acceptors (Lipinski definition) is 6. The van der Waals surface area contributed by atoms with Crippen LogP contribution in [-0.2, 0) is 10.2 Å². The Morgan fingerprint density at radius 2 is 1.87 bits per heavy atom. The first-order chi connectivity index (χ1) is 15.0. The third-order valence-electron chi connectivity index (χ3n) is 5.30. The molecular weight excluding hydrogens is 388 g/mol. The number of carbonyl (C=O) groups excluding carboxylic acids is 1. The van der Waals surface area contributed by atoms with E-state index in [2.05, 4.69) is 32.2 Å². The summed E-state index contributed by atoms with van der Waals surface area (Å²) in [4.78, 5) is 21.7. The van der Waals surface area contributed by atoms with Gasteiger partial charge in [-0.1, -0.05) is 24.3 Å². The molecule has 1 saturated carbocycles. The number of anilines is 2. The Bertz CT molecular complexity index is 1130. The first-order valence-electron chi connectivity index (χ1n) is 10.2. The molecule has 31 heavy (non-hydrogen) atoms. The van der Waals surface area contributed by atoms with E-state index in [1.807, 2.05) is 56.3 Å². The summed E-state index contributed by atoms with van der Waals surface area (Å²) in [5, 5.41) is 12.1. The van der Waals surface area contributed by atoms with Gasteiger partial charge in [0.25, 0.3) is 0 Å². The first-order valence-corrected chi connectivity index (χ1v) is 10.2. The summed E-state index contributed by atoms with van der Waals surface area (Å²) in [5.41, 5.74) is 9.19. The molecule has 2 aromatic carbocycles. The van der Waals surface area contributed by atoms with E-state index >= 15 is 0 Å². The largest absolute Gasteiger partial charge is 0.325 e. The highest BCUT2D eigenvalue weighted by molar-refractivity contribution is 5.98. The second-order valence-electron chi connectivity index (χ2n) is 8.16. The van der Waals surface area contributed by atoms with E-state index in [0.717, 1.165) is 24.0 Å². The number of nitrogens with zero attached hydrogens (tertiary/aromatic N) is 3. The summed E-state index contributed by atoms with van der Waals surface area (Å²) in [6, 6.07) is 19.4. The van der Waals surface area contributed by atoms with E-state index in [0.29, 0.717) is 28.9 Å². The van der Waals surface area contributed by atoms with Crippen molar-refractivity contribution in [1.29, 1.82) is 5.26 Å². The lowest BCUT2D eigenvalue weighted by Gasteiger charge is -2.23. The molecule has 1 heterocycles. The smallest absolute Gasteiger partial charge is 0.237 e. The molecule has 1 amide bonds. The van der Waals surface area contributed by atoms with Crippen LogP contribution >= 0.6 is 0 Å². The number of amides is 1. The summed E-state index contributed by atoms with van der Waals surface area (Å²) in [7, 11) is 0. The molecule has 156 valence electrons. The van der Waals surface area contributed by atoms with Gasteiger partial charge in [-0.2, -0.15) is 5.26 Å². The van der Waals surface area contributed by atoms with Gasteiger partial charge in [-0.05, 0) is 68.1 Å². The molecule has 3 N–H and O–H groups in total. The van der Waals surface area contributed by atoms with Crippen LogP contribution in [0, 0.1) is 11.3 Å². The Labute approximate surface area is 181 Å². The molecule has 0 aliphatic heterocycles. The highest BCUT2D eigenvalue weighted by Crippen LogP contribution is 2.26. The number of hydrogen-bond donors (Lipinski definition) is 3. The molecule has 1 aliphatic carbocycles. The average molecular weight is 412 g/mol. The molecule has 7 heteroatoms. The minimum atomic E-state index is -0.848. The third-order valence-corrected chi connectivity index (χ3v) is 5.30. The second kappa shape index (κ2) is 8.54. The molecule has 0 spiro atoms. The van der Waals surface area contributed by atoms with Gasteiger partial charge in [-0.25, -0.2) is 15.4 Å². The monoisotopic (exact) mass is 412 g/mol. The Morgan fingerprint density at radius 3 is 2.58 bits per heavy atom. The first kappa shape index (κ1) is 20.5. The van der Waals surface area contributed by atoms with Crippen LogP contribution in [0.3, 0.4) is 0 Å². The zero-order valence-electron chi connectivity index (χ0n) is 17.5. The zero-order chi connectivity index (χ0) is 21.8. The van der Waals surface area contributed by atoms with Crippen molar-refractivity contribution in [3.63, 3.8) is 0 Å².